The first-order chi connectivity index (χ1) is 8.63. The molecule has 4 heteroatoms. The highest BCUT2D eigenvalue weighted by Gasteiger charge is 2.05. The number of aryl methyl sites for hydroxylation is 1. The lowest BCUT2D eigenvalue weighted by Gasteiger charge is -2.08. The molecule has 0 radical (unpaired) electrons. The summed E-state index contributed by atoms with van der Waals surface area (Å²) >= 11 is 0. The zero-order valence-electron chi connectivity index (χ0n) is 10.8. The van der Waals surface area contributed by atoms with Gasteiger partial charge in [0.25, 0.3) is 0 Å². The summed E-state index contributed by atoms with van der Waals surface area (Å²) in [4.78, 5) is 11.7. The fraction of sp³-hybridized carbons (Fsp3) is 0.500. The van der Waals surface area contributed by atoms with Gasteiger partial charge in [-0.2, -0.15) is 0 Å². The maximum absolute atomic E-state index is 12.9. The third kappa shape index (κ3) is 5.27. The van der Waals surface area contributed by atoms with Crippen molar-refractivity contribution in [3.63, 3.8) is 0 Å². The third-order valence-electron chi connectivity index (χ3n) is 2.82. The smallest absolute Gasteiger partial charge is 0.224 e. The van der Waals surface area contributed by atoms with E-state index in [1.807, 2.05) is 0 Å². The summed E-state index contributed by atoms with van der Waals surface area (Å²) in [6.07, 6.45) is 4.47. The van der Waals surface area contributed by atoms with Gasteiger partial charge in [0.2, 0.25) is 5.91 Å². The Hall–Kier alpha value is -1.42. The number of amides is 1. The molecule has 0 fully saturated rings. The van der Waals surface area contributed by atoms with Crippen molar-refractivity contribution in [2.24, 2.45) is 5.73 Å². The molecule has 0 spiro atoms. The van der Waals surface area contributed by atoms with E-state index in [4.69, 9.17) is 5.73 Å². The minimum atomic E-state index is -0.285. The third-order valence-corrected chi connectivity index (χ3v) is 2.82. The van der Waals surface area contributed by atoms with Gasteiger partial charge in [-0.25, -0.2) is 4.39 Å². The summed E-state index contributed by atoms with van der Waals surface area (Å²) in [5.41, 5.74) is 6.82. The van der Waals surface area contributed by atoms with Crippen LogP contribution in [0.1, 0.15) is 37.7 Å². The monoisotopic (exact) mass is 252 g/mol. The molecular weight excluding hydrogens is 231 g/mol. The van der Waals surface area contributed by atoms with E-state index in [0.717, 1.165) is 31.2 Å². The summed E-state index contributed by atoms with van der Waals surface area (Å²) in [6.45, 7) is 2.49. The molecule has 1 aromatic carbocycles. The number of hydrogen-bond acceptors (Lipinski definition) is 2. The number of nitrogens with one attached hydrogen (secondary N) is 1. The molecule has 0 heterocycles. The van der Waals surface area contributed by atoms with Crippen LogP contribution in [0.15, 0.2) is 18.2 Å². The fourth-order valence-electron chi connectivity index (χ4n) is 1.76. The molecular formula is C14H21FN2O. The summed E-state index contributed by atoms with van der Waals surface area (Å²) < 4.78 is 12.9. The maximum atomic E-state index is 12.9. The van der Waals surface area contributed by atoms with Gasteiger partial charge in [0.1, 0.15) is 5.82 Å². The Morgan fingerprint density at radius 1 is 1.28 bits per heavy atom. The second-order valence-corrected chi connectivity index (χ2v) is 4.46. The summed E-state index contributed by atoms with van der Waals surface area (Å²) in [6, 6.07) is 4.36. The Morgan fingerprint density at radius 3 is 2.67 bits per heavy atom. The van der Waals surface area contributed by atoms with Gasteiger partial charge < -0.3 is 11.1 Å². The molecule has 0 aliphatic carbocycles. The van der Waals surface area contributed by atoms with Crippen LogP contribution in [0.4, 0.5) is 10.1 Å². The predicted octanol–water partition coefficient (Wildman–Crippen LogP) is 2.98. The molecule has 0 atom stereocenters. The molecule has 1 aromatic rings. The van der Waals surface area contributed by atoms with E-state index in [1.54, 1.807) is 13.0 Å². The lowest BCUT2D eigenvalue weighted by atomic mass is 10.1. The Bertz CT molecular complexity index is 393. The van der Waals surface area contributed by atoms with Crippen molar-refractivity contribution >= 4 is 11.6 Å². The maximum Gasteiger partial charge on any atom is 0.224 e. The lowest BCUT2D eigenvalue weighted by molar-refractivity contribution is -0.116. The van der Waals surface area contributed by atoms with Crippen molar-refractivity contribution in [1.82, 2.24) is 0 Å². The second-order valence-electron chi connectivity index (χ2n) is 4.46. The van der Waals surface area contributed by atoms with Crippen LogP contribution in [0.2, 0.25) is 0 Å². The van der Waals surface area contributed by atoms with Gasteiger partial charge in [-0.1, -0.05) is 12.8 Å². The second kappa shape index (κ2) is 7.82. The molecule has 18 heavy (non-hydrogen) atoms. The number of anilines is 1. The Balaban J connectivity index is 2.31. The molecule has 0 aromatic heterocycles. The number of hydrogen-bond donors (Lipinski definition) is 2. The van der Waals surface area contributed by atoms with E-state index >= 15 is 0 Å². The number of benzene rings is 1. The first kappa shape index (κ1) is 14.6. The van der Waals surface area contributed by atoms with E-state index in [0.29, 0.717) is 18.7 Å². The van der Waals surface area contributed by atoms with Crippen molar-refractivity contribution in [3.8, 4) is 0 Å². The highest BCUT2D eigenvalue weighted by molar-refractivity contribution is 5.91. The van der Waals surface area contributed by atoms with Crippen LogP contribution in [0.5, 0.6) is 0 Å². The topological polar surface area (TPSA) is 55.1 Å². The zero-order chi connectivity index (χ0) is 13.4. The van der Waals surface area contributed by atoms with Gasteiger partial charge >= 0.3 is 0 Å². The van der Waals surface area contributed by atoms with Crippen LogP contribution >= 0.6 is 0 Å². The molecule has 0 saturated carbocycles. The number of unbranched alkanes of at least 4 members (excludes halogenated alkanes) is 3. The number of halogens is 1. The van der Waals surface area contributed by atoms with Crippen molar-refractivity contribution < 1.29 is 9.18 Å². The first-order valence-corrected chi connectivity index (χ1v) is 6.39. The Morgan fingerprint density at radius 2 is 2.00 bits per heavy atom. The van der Waals surface area contributed by atoms with E-state index < -0.39 is 0 Å². The van der Waals surface area contributed by atoms with Crippen LogP contribution in [-0.2, 0) is 4.79 Å². The molecule has 0 aliphatic rings. The zero-order valence-corrected chi connectivity index (χ0v) is 10.8. The molecule has 0 bridgehead atoms. The van der Waals surface area contributed by atoms with Gasteiger partial charge in [0.05, 0.1) is 0 Å². The van der Waals surface area contributed by atoms with E-state index in [1.165, 1.54) is 12.1 Å². The van der Waals surface area contributed by atoms with Crippen molar-refractivity contribution in [2.45, 2.75) is 39.0 Å². The largest absolute Gasteiger partial charge is 0.330 e. The normalized spacial score (nSPS) is 10.4. The van der Waals surface area contributed by atoms with Crippen LogP contribution < -0.4 is 11.1 Å². The van der Waals surface area contributed by atoms with Gasteiger partial charge in [0, 0.05) is 12.1 Å². The average Bonchev–Trinajstić information content (AvgIpc) is 2.32. The first-order valence-electron chi connectivity index (χ1n) is 6.39. The Labute approximate surface area is 108 Å². The summed E-state index contributed by atoms with van der Waals surface area (Å²) in [5.74, 6) is -0.301. The molecule has 1 amide bonds. The van der Waals surface area contributed by atoms with Crippen molar-refractivity contribution in [1.29, 1.82) is 0 Å². The molecule has 3 N–H and O–H groups in total. The molecule has 0 saturated heterocycles. The van der Waals surface area contributed by atoms with Crippen molar-refractivity contribution in [3.05, 3.63) is 29.6 Å². The van der Waals surface area contributed by atoms with Gasteiger partial charge in [-0.05, 0) is 50.1 Å². The van der Waals surface area contributed by atoms with E-state index in [9.17, 15) is 9.18 Å². The standard InChI is InChI=1S/C14H21FN2O/c1-11-10-12(15)7-8-13(11)17-14(18)6-4-2-3-5-9-16/h7-8,10H,2-6,9,16H2,1H3,(H,17,18). The highest BCUT2D eigenvalue weighted by Crippen LogP contribution is 2.16. The summed E-state index contributed by atoms with van der Waals surface area (Å²) in [7, 11) is 0. The van der Waals surface area contributed by atoms with Crippen molar-refractivity contribution in [2.75, 3.05) is 11.9 Å². The summed E-state index contributed by atoms with van der Waals surface area (Å²) in [5, 5.41) is 2.80. The van der Waals surface area contributed by atoms with E-state index in [2.05, 4.69) is 5.32 Å². The van der Waals surface area contributed by atoms with E-state index in [-0.39, 0.29) is 11.7 Å². The minimum absolute atomic E-state index is 0.0162. The number of rotatable bonds is 7. The minimum Gasteiger partial charge on any atom is -0.330 e. The van der Waals surface area contributed by atoms with Gasteiger partial charge in [0.15, 0.2) is 0 Å². The number of carbonyl (C=O) groups excluding carboxylic acids is 1. The van der Waals surface area contributed by atoms with Gasteiger partial charge in [-0.15, -0.1) is 0 Å². The lowest BCUT2D eigenvalue weighted by Crippen LogP contribution is -2.12. The van der Waals surface area contributed by atoms with Crippen LogP contribution in [0, 0.1) is 12.7 Å². The SMILES string of the molecule is Cc1cc(F)ccc1NC(=O)CCCCCCN. The highest BCUT2D eigenvalue weighted by atomic mass is 19.1. The average molecular weight is 252 g/mol. The van der Waals surface area contributed by atoms with Crippen LogP contribution in [0.3, 0.4) is 0 Å². The molecule has 100 valence electrons. The fourth-order valence-corrected chi connectivity index (χ4v) is 1.76. The van der Waals surface area contributed by atoms with Crippen LogP contribution in [0.25, 0.3) is 0 Å². The predicted molar refractivity (Wildman–Crippen MR) is 71.9 cm³/mol. The molecule has 0 aliphatic heterocycles. The number of nitrogens with two attached hydrogens (primary N) is 1. The Kier molecular flexibility index (Phi) is 6.36. The quantitative estimate of drug-likeness (QED) is 0.733. The van der Waals surface area contributed by atoms with Crippen LogP contribution in [-0.4, -0.2) is 12.5 Å². The van der Waals surface area contributed by atoms with Gasteiger partial charge in [-0.3, -0.25) is 4.79 Å². The molecule has 0 unspecified atom stereocenters. The molecule has 1 rings (SSSR count). The number of carbonyl (C=O) groups is 1. The molecule has 3 nitrogen and oxygen atoms in total.